The van der Waals surface area contributed by atoms with Crippen LogP contribution in [0.3, 0.4) is 0 Å². The van der Waals surface area contributed by atoms with Crippen molar-refractivity contribution in [1.29, 1.82) is 0 Å². The molecule has 1 aliphatic rings. The molecule has 140 valence electrons. The van der Waals surface area contributed by atoms with Crippen molar-refractivity contribution in [3.8, 4) is 0 Å². The van der Waals surface area contributed by atoms with Crippen LogP contribution < -0.4 is 5.32 Å². The van der Waals surface area contributed by atoms with Gasteiger partial charge in [0.1, 0.15) is 0 Å². The fourth-order valence-corrected chi connectivity index (χ4v) is 3.39. The van der Waals surface area contributed by atoms with E-state index >= 15 is 0 Å². The molecule has 0 fully saturated rings. The number of carbonyl (C=O) groups is 1. The normalized spacial score (nSPS) is 12.4. The molecule has 0 atom stereocenters. The molecule has 0 saturated heterocycles. The Kier molecular flexibility index (Phi) is 5.24. The van der Waals surface area contributed by atoms with E-state index in [1.807, 2.05) is 49.5 Å². The van der Waals surface area contributed by atoms with E-state index in [9.17, 15) is 4.79 Å². The van der Waals surface area contributed by atoms with Gasteiger partial charge in [-0.2, -0.15) is 0 Å². The van der Waals surface area contributed by atoms with Gasteiger partial charge in [0.25, 0.3) is 0 Å². The Labute approximate surface area is 164 Å². The lowest BCUT2D eigenvalue weighted by Gasteiger charge is -2.08. The van der Waals surface area contributed by atoms with Crippen LogP contribution in [0.1, 0.15) is 33.6 Å². The highest BCUT2D eigenvalue weighted by Gasteiger charge is 2.19. The van der Waals surface area contributed by atoms with Crippen LogP contribution in [0.15, 0.2) is 65.9 Å². The SMILES string of the molecule is Cc1cc(C2=NCc3cc(CC(=O)NCCc4ccccc4)ncc32)ccn1. The number of amides is 1. The largest absolute Gasteiger partial charge is 0.355 e. The van der Waals surface area contributed by atoms with Crippen LogP contribution in [0.25, 0.3) is 0 Å². The first kappa shape index (κ1) is 18.0. The zero-order valence-electron chi connectivity index (χ0n) is 15.9. The van der Waals surface area contributed by atoms with Crippen molar-refractivity contribution in [2.24, 2.45) is 4.99 Å². The standard InChI is InChI=1S/C23H22N4O/c1-16-11-18(8-10-24-16)23-21-15-26-20(12-19(21)14-27-23)13-22(28)25-9-7-17-5-3-2-4-6-17/h2-6,8,10-12,15H,7,9,13-14H2,1H3,(H,25,28). The van der Waals surface area contributed by atoms with E-state index < -0.39 is 0 Å². The third-order valence-corrected chi connectivity index (χ3v) is 4.80. The van der Waals surface area contributed by atoms with Gasteiger partial charge in [-0.25, -0.2) is 0 Å². The summed E-state index contributed by atoms with van der Waals surface area (Å²) in [6.45, 7) is 3.22. The van der Waals surface area contributed by atoms with Gasteiger partial charge in [0.2, 0.25) is 5.91 Å². The first-order valence-corrected chi connectivity index (χ1v) is 9.45. The predicted molar refractivity (Wildman–Crippen MR) is 109 cm³/mol. The zero-order chi connectivity index (χ0) is 19.3. The van der Waals surface area contributed by atoms with Crippen LogP contribution in [-0.4, -0.2) is 28.1 Å². The van der Waals surface area contributed by atoms with Crippen LogP contribution in [0, 0.1) is 6.92 Å². The van der Waals surface area contributed by atoms with Crippen molar-refractivity contribution in [2.45, 2.75) is 26.3 Å². The van der Waals surface area contributed by atoms with Gasteiger partial charge < -0.3 is 5.32 Å². The number of hydrogen-bond acceptors (Lipinski definition) is 4. The maximum absolute atomic E-state index is 12.2. The van der Waals surface area contributed by atoms with Crippen molar-refractivity contribution in [3.63, 3.8) is 0 Å². The van der Waals surface area contributed by atoms with Gasteiger partial charge in [0.05, 0.1) is 24.4 Å². The lowest BCUT2D eigenvalue weighted by atomic mass is 10.0. The topological polar surface area (TPSA) is 67.2 Å². The van der Waals surface area contributed by atoms with Crippen LogP contribution in [-0.2, 0) is 24.2 Å². The third-order valence-electron chi connectivity index (χ3n) is 4.80. The summed E-state index contributed by atoms with van der Waals surface area (Å²) in [5.41, 5.74) is 7.12. The molecule has 0 saturated carbocycles. The number of aromatic nitrogens is 2. The minimum absolute atomic E-state index is 0.00715. The second kappa shape index (κ2) is 8.13. The summed E-state index contributed by atoms with van der Waals surface area (Å²) in [4.78, 5) is 25.6. The number of nitrogens with one attached hydrogen (secondary N) is 1. The summed E-state index contributed by atoms with van der Waals surface area (Å²) in [5, 5.41) is 2.97. The minimum Gasteiger partial charge on any atom is -0.355 e. The molecule has 1 aromatic carbocycles. The summed E-state index contributed by atoms with van der Waals surface area (Å²) in [5.74, 6) is -0.00715. The first-order valence-electron chi connectivity index (χ1n) is 9.45. The number of carbonyl (C=O) groups excluding carboxylic acids is 1. The molecule has 5 nitrogen and oxygen atoms in total. The molecule has 2 aromatic heterocycles. The van der Waals surface area contributed by atoms with Gasteiger partial charge in [0.15, 0.2) is 0 Å². The quantitative estimate of drug-likeness (QED) is 0.725. The second-order valence-electron chi connectivity index (χ2n) is 6.95. The highest BCUT2D eigenvalue weighted by atomic mass is 16.1. The molecule has 1 N–H and O–H groups in total. The fourth-order valence-electron chi connectivity index (χ4n) is 3.39. The summed E-state index contributed by atoms with van der Waals surface area (Å²) < 4.78 is 0. The average Bonchev–Trinajstić information content (AvgIpc) is 3.12. The molecule has 0 aliphatic carbocycles. The molecule has 28 heavy (non-hydrogen) atoms. The third kappa shape index (κ3) is 4.14. The summed E-state index contributed by atoms with van der Waals surface area (Å²) in [6, 6.07) is 16.1. The number of hydrogen-bond donors (Lipinski definition) is 1. The second-order valence-corrected chi connectivity index (χ2v) is 6.95. The summed E-state index contributed by atoms with van der Waals surface area (Å²) in [7, 11) is 0. The van der Waals surface area contributed by atoms with Gasteiger partial charge in [-0.05, 0) is 42.7 Å². The van der Waals surface area contributed by atoms with Crippen LogP contribution in [0.5, 0.6) is 0 Å². The van der Waals surface area contributed by atoms with Crippen molar-refractivity contribution in [2.75, 3.05) is 6.54 Å². The number of aliphatic imine (C=N–C) groups is 1. The van der Waals surface area contributed by atoms with E-state index in [2.05, 4.69) is 32.4 Å². The molecule has 1 aliphatic heterocycles. The predicted octanol–water partition coefficient (Wildman–Crippen LogP) is 3.04. The Morgan fingerprint density at radius 1 is 1.11 bits per heavy atom. The fraction of sp³-hybridized carbons (Fsp3) is 0.217. The van der Waals surface area contributed by atoms with Gasteiger partial charge in [-0.1, -0.05) is 30.3 Å². The number of fused-ring (bicyclic) bond motifs is 1. The number of pyridine rings is 2. The molecule has 3 aromatic rings. The van der Waals surface area contributed by atoms with Crippen molar-refractivity contribution in [3.05, 3.63) is 94.6 Å². The molecule has 3 heterocycles. The molecule has 0 unspecified atom stereocenters. The van der Waals surface area contributed by atoms with Gasteiger partial charge in [-0.3, -0.25) is 19.8 Å². The zero-order valence-corrected chi connectivity index (χ0v) is 15.9. The highest BCUT2D eigenvalue weighted by Crippen LogP contribution is 2.23. The Balaban J connectivity index is 1.37. The van der Waals surface area contributed by atoms with Gasteiger partial charge >= 0.3 is 0 Å². The van der Waals surface area contributed by atoms with E-state index in [4.69, 9.17) is 0 Å². The van der Waals surface area contributed by atoms with Crippen LogP contribution in [0.4, 0.5) is 0 Å². The number of nitrogens with zero attached hydrogens (tertiary/aromatic N) is 3. The van der Waals surface area contributed by atoms with E-state index in [0.717, 1.165) is 40.2 Å². The van der Waals surface area contributed by atoms with E-state index in [1.54, 1.807) is 6.20 Å². The molecule has 0 radical (unpaired) electrons. The first-order chi connectivity index (χ1) is 13.7. The van der Waals surface area contributed by atoms with Crippen molar-refractivity contribution >= 4 is 11.6 Å². The summed E-state index contributed by atoms with van der Waals surface area (Å²) >= 11 is 0. The maximum atomic E-state index is 12.2. The van der Waals surface area contributed by atoms with Crippen LogP contribution in [0.2, 0.25) is 0 Å². The summed E-state index contributed by atoms with van der Waals surface area (Å²) in [6.07, 6.45) is 4.74. The molecule has 1 amide bonds. The monoisotopic (exact) mass is 370 g/mol. The minimum atomic E-state index is -0.00715. The lowest BCUT2D eigenvalue weighted by molar-refractivity contribution is -0.120. The molecular weight excluding hydrogens is 348 g/mol. The Bertz CT molecular complexity index is 1030. The smallest absolute Gasteiger partial charge is 0.226 e. The Morgan fingerprint density at radius 2 is 1.96 bits per heavy atom. The average molecular weight is 370 g/mol. The Morgan fingerprint density at radius 3 is 2.79 bits per heavy atom. The number of aryl methyl sites for hydroxylation is 1. The van der Waals surface area contributed by atoms with Gasteiger partial charge in [0, 0.05) is 35.8 Å². The van der Waals surface area contributed by atoms with E-state index in [1.165, 1.54) is 5.56 Å². The number of rotatable bonds is 6. The highest BCUT2D eigenvalue weighted by molar-refractivity contribution is 6.15. The molecule has 0 spiro atoms. The molecule has 0 bridgehead atoms. The molecule has 4 rings (SSSR count). The Hall–Kier alpha value is -3.34. The van der Waals surface area contributed by atoms with E-state index in [0.29, 0.717) is 13.1 Å². The van der Waals surface area contributed by atoms with Crippen molar-refractivity contribution in [1.82, 2.24) is 15.3 Å². The number of benzene rings is 1. The molecular formula is C23H22N4O. The molecule has 5 heteroatoms. The van der Waals surface area contributed by atoms with E-state index in [-0.39, 0.29) is 12.3 Å². The van der Waals surface area contributed by atoms with Gasteiger partial charge in [-0.15, -0.1) is 0 Å². The maximum Gasteiger partial charge on any atom is 0.226 e. The van der Waals surface area contributed by atoms with Crippen LogP contribution >= 0.6 is 0 Å². The van der Waals surface area contributed by atoms with Crippen molar-refractivity contribution < 1.29 is 4.79 Å². The lowest BCUT2D eigenvalue weighted by Crippen LogP contribution is -2.27.